The van der Waals surface area contributed by atoms with Crippen LogP contribution in [0.1, 0.15) is 19.4 Å². The molecule has 0 aromatic heterocycles. The summed E-state index contributed by atoms with van der Waals surface area (Å²) in [6, 6.07) is 15.0. The predicted octanol–water partition coefficient (Wildman–Crippen LogP) is 3.59. The number of hydrogen-bond donors (Lipinski definition) is 0. The number of carbonyl (C=O) groups is 2. The van der Waals surface area contributed by atoms with Crippen molar-refractivity contribution in [2.75, 3.05) is 11.4 Å². The first-order valence-corrected chi connectivity index (χ1v) is 8.42. The lowest BCUT2D eigenvalue weighted by molar-refractivity contribution is -0.384. The molecule has 0 saturated heterocycles. The molecule has 27 heavy (non-hydrogen) atoms. The van der Waals surface area contributed by atoms with E-state index in [1.54, 1.807) is 18.2 Å². The topological polar surface area (TPSA) is 89.8 Å². The maximum atomic E-state index is 12.6. The van der Waals surface area contributed by atoms with Crippen molar-refractivity contribution >= 4 is 29.3 Å². The van der Waals surface area contributed by atoms with E-state index in [1.807, 2.05) is 25.1 Å². The molecule has 7 nitrogen and oxygen atoms in total. The molecule has 0 heterocycles. The summed E-state index contributed by atoms with van der Waals surface area (Å²) in [5.74, 6) is -1.03. The summed E-state index contributed by atoms with van der Waals surface area (Å²) in [7, 11) is 0. The summed E-state index contributed by atoms with van der Waals surface area (Å²) in [5, 5.41) is 10.8. The highest BCUT2D eigenvalue weighted by molar-refractivity contribution is 5.98. The number of ether oxygens (including phenoxy) is 1. The average Bonchev–Trinajstić information content (AvgIpc) is 2.68. The van der Waals surface area contributed by atoms with Crippen molar-refractivity contribution in [2.45, 2.75) is 20.0 Å². The van der Waals surface area contributed by atoms with Gasteiger partial charge in [-0.1, -0.05) is 30.3 Å². The number of amides is 1. The minimum Gasteiger partial charge on any atom is -0.449 e. The van der Waals surface area contributed by atoms with E-state index in [2.05, 4.69) is 0 Å². The van der Waals surface area contributed by atoms with E-state index in [9.17, 15) is 19.7 Å². The highest BCUT2D eigenvalue weighted by Gasteiger charge is 2.23. The van der Waals surface area contributed by atoms with Gasteiger partial charge in [0.15, 0.2) is 6.10 Å². The fourth-order valence-electron chi connectivity index (χ4n) is 2.46. The molecule has 1 atom stereocenters. The molecule has 0 radical (unpaired) electrons. The van der Waals surface area contributed by atoms with E-state index in [4.69, 9.17) is 4.74 Å². The molecular formula is C20H20N2O5. The molecule has 2 aromatic rings. The van der Waals surface area contributed by atoms with Gasteiger partial charge in [-0.25, -0.2) is 4.79 Å². The first kappa shape index (κ1) is 19.8. The minimum absolute atomic E-state index is 0.0736. The Hall–Kier alpha value is -3.48. The van der Waals surface area contributed by atoms with Gasteiger partial charge < -0.3 is 9.64 Å². The number of esters is 1. The maximum absolute atomic E-state index is 12.6. The van der Waals surface area contributed by atoms with Crippen LogP contribution < -0.4 is 4.90 Å². The molecule has 2 rings (SSSR count). The van der Waals surface area contributed by atoms with E-state index in [-0.39, 0.29) is 11.6 Å². The maximum Gasteiger partial charge on any atom is 0.331 e. The van der Waals surface area contributed by atoms with Gasteiger partial charge in [-0.3, -0.25) is 14.9 Å². The lowest BCUT2D eigenvalue weighted by Gasteiger charge is -2.24. The highest BCUT2D eigenvalue weighted by atomic mass is 16.6. The number of hydrogen-bond acceptors (Lipinski definition) is 5. The van der Waals surface area contributed by atoms with Gasteiger partial charge >= 0.3 is 5.97 Å². The monoisotopic (exact) mass is 368 g/mol. The van der Waals surface area contributed by atoms with E-state index in [1.165, 1.54) is 36.1 Å². The lowest BCUT2D eigenvalue weighted by Crippen LogP contribution is -2.39. The van der Waals surface area contributed by atoms with Crippen molar-refractivity contribution in [1.29, 1.82) is 0 Å². The van der Waals surface area contributed by atoms with E-state index >= 15 is 0 Å². The second kappa shape index (κ2) is 9.28. The third kappa shape index (κ3) is 5.50. The Kier molecular flexibility index (Phi) is 6.82. The molecule has 0 N–H and O–H groups in total. The Morgan fingerprint density at radius 1 is 1.19 bits per heavy atom. The van der Waals surface area contributed by atoms with Crippen LogP contribution in [0, 0.1) is 10.1 Å². The van der Waals surface area contributed by atoms with Gasteiger partial charge in [-0.15, -0.1) is 0 Å². The van der Waals surface area contributed by atoms with Crippen LogP contribution in [0.25, 0.3) is 6.08 Å². The summed E-state index contributed by atoms with van der Waals surface area (Å²) in [5.41, 5.74) is 1.13. The number of nitro groups is 1. The van der Waals surface area contributed by atoms with Crippen LogP contribution in [0.4, 0.5) is 11.4 Å². The van der Waals surface area contributed by atoms with Crippen LogP contribution in [-0.4, -0.2) is 29.4 Å². The highest BCUT2D eigenvalue weighted by Crippen LogP contribution is 2.16. The first-order valence-electron chi connectivity index (χ1n) is 8.42. The van der Waals surface area contributed by atoms with Crippen molar-refractivity contribution in [1.82, 2.24) is 0 Å². The Morgan fingerprint density at radius 3 is 2.52 bits per heavy atom. The standard InChI is InChI=1S/C20H20N2O5/c1-3-21(17-9-5-4-6-10-17)20(24)15(2)27-19(23)13-12-16-8-7-11-18(14-16)22(25)26/h4-15H,3H2,1-2H3/b13-12+/t15-/m0/s1. The quantitative estimate of drug-likeness (QED) is 0.322. The van der Waals surface area contributed by atoms with Crippen molar-refractivity contribution in [3.05, 3.63) is 76.4 Å². The molecule has 0 aliphatic carbocycles. The van der Waals surface area contributed by atoms with E-state index < -0.39 is 17.0 Å². The number of non-ortho nitro benzene ring substituents is 1. The second-order valence-corrected chi connectivity index (χ2v) is 5.68. The Labute approximate surface area is 157 Å². The number of para-hydroxylation sites is 1. The van der Waals surface area contributed by atoms with Gasteiger partial charge in [0, 0.05) is 30.4 Å². The van der Waals surface area contributed by atoms with E-state index in [0.717, 1.165) is 11.8 Å². The third-order valence-electron chi connectivity index (χ3n) is 3.78. The number of nitrogens with zero attached hydrogens (tertiary/aromatic N) is 2. The van der Waals surface area contributed by atoms with Crippen molar-refractivity contribution < 1.29 is 19.2 Å². The molecule has 2 aromatic carbocycles. The Morgan fingerprint density at radius 2 is 1.89 bits per heavy atom. The van der Waals surface area contributed by atoms with Crippen LogP contribution in [0.5, 0.6) is 0 Å². The fraction of sp³-hybridized carbons (Fsp3) is 0.200. The van der Waals surface area contributed by atoms with Crippen LogP contribution in [-0.2, 0) is 14.3 Å². The summed E-state index contributed by atoms with van der Waals surface area (Å²) in [4.78, 5) is 36.3. The SMILES string of the molecule is CCN(C(=O)[C@H](C)OC(=O)/C=C/c1cccc([N+](=O)[O-])c1)c1ccccc1. The normalized spacial score (nSPS) is 11.8. The fourth-order valence-corrected chi connectivity index (χ4v) is 2.46. The summed E-state index contributed by atoms with van der Waals surface area (Å²) in [6.45, 7) is 3.78. The van der Waals surface area contributed by atoms with Crippen LogP contribution in [0.2, 0.25) is 0 Å². The molecule has 0 aliphatic rings. The zero-order valence-corrected chi connectivity index (χ0v) is 15.1. The van der Waals surface area contributed by atoms with Crippen LogP contribution in [0.3, 0.4) is 0 Å². The molecule has 1 amide bonds. The zero-order chi connectivity index (χ0) is 19.8. The number of anilines is 1. The molecule has 0 bridgehead atoms. The zero-order valence-electron chi connectivity index (χ0n) is 15.1. The molecule has 0 saturated carbocycles. The van der Waals surface area contributed by atoms with Crippen molar-refractivity contribution in [2.24, 2.45) is 0 Å². The number of benzene rings is 2. The average molecular weight is 368 g/mol. The molecule has 0 unspecified atom stereocenters. The molecule has 0 aliphatic heterocycles. The molecule has 7 heteroatoms. The minimum atomic E-state index is -0.965. The lowest BCUT2D eigenvalue weighted by atomic mass is 10.2. The number of carbonyl (C=O) groups excluding carboxylic acids is 2. The number of nitro benzene ring substituents is 1. The largest absolute Gasteiger partial charge is 0.449 e. The molecule has 0 fully saturated rings. The van der Waals surface area contributed by atoms with Gasteiger partial charge in [-0.05, 0) is 37.6 Å². The van der Waals surface area contributed by atoms with Crippen molar-refractivity contribution in [3.63, 3.8) is 0 Å². The summed E-state index contributed by atoms with van der Waals surface area (Å²) >= 11 is 0. The van der Waals surface area contributed by atoms with Gasteiger partial charge in [0.25, 0.3) is 11.6 Å². The second-order valence-electron chi connectivity index (χ2n) is 5.68. The number of rotatable bonds is 7. The van der Waals surface area contributed by atoms with Gasteiger partial charge in [0.2, 0.25) is 0 Å². The first-order chi connectivity index (χ1) is 12.9. The van der Waals surface area contributed by atoms with E-state index in [0.29, 0.717) is 12.1 Å². The summed E-state index contributed by atoms with van der Waals surface area (Å²) < 4.78 is 5.17. The third-order valence-corrected chi connectivity index (χ3v) is 3.78. The summed E-state index contributed by atoms with van der Waals surface area (Å²) in [6.07, 6.45) is 1.58. The van der Waals surface area contributed by atoms with Gasteiger partial charge in [0.05, 0.1) is 4.92 Å². The van der Waals surface area contributed by atoms with Crippen LogP contribution in [0.15, 0.2) is 60.7 Å². The number of likely N-dealkylation sites (N-methyl/N-ethyl adjacent to an activating group) is 1. The molecule has 0 spiro atoms. The Bertz CT molecular complexity index is 848. The Balaban J connectivity index is 2.01. The van der Waals surface area contributed by atoms with Gasteiger partial charge in [-0.2, -0.15) is 0 Å². The molecule has 140 valence electrons. The van der Waals surface area contributed by atoms with Gasteiger partial charge in [0.1, 0.15) is 0 Å². The molecular weight excluding hydrogens is 348 g/mol. The van der Waals surface area contributed by atoms with Crippen LogP contribution >= 0.6 is 0 Å². The smallest absolute Gasteiger partial charge is 0.331 e. The predicted molar refractivity (Wildman–Crippen MR) is 102 cm³/mol. The van der Waals surface area contributed by atoms with Crippen molar-refractivity contribution in [3.8, 4) is 0 Å².